The highest BCUT2D eigenvalue weighted by Crippen LogP contribution is 2.33. The second-order valence-corrected chi connectivity index (χ2v) is 4.59. The fourth-order valence-electron chi connectivity index (χ4n) is 1.83. The van der Waals surface area contributed by atoms with Gasteiger partial charge in [0.1, 0.15) is 0 Å². The molecule has 0 atom stereocenters. The van der Waals surface area contributed by atoms with Gasteiger partial charge in [-0.3, -0.25) is 10.1 Å². The SMILES string of the molecule is Cc1ccc([N+](=O)[O-])c(NCCCC2CC2)n1. The normalized spacial score (nSPS) is 14.6. The third-order valence-electron chi connectivity index (χ3n) is 2.99. The van der Waals surface area contributed by atoms with Crippen LogP contribution in [0.15, 0.2) is 12.1 Å². The van der Waals surface area contributed by atoms with Crippen LogP contribution in [0.3, 0.4) is 0 Å². The predicted octanol–water partition coefficient (Wildman–Crippen LogP) is 2.90. The number of rotatable bonds is 6. The van der Waals surface area contributed by atoms with E-state index >= 15 is 0 Å². The van der Waals surface area contributed by atoms with Crippen LogP contribution >= 0.6 is 0 Å². The molecule has 1 fully saturated rings. The molecule has 1 aliphatic carbocycles. The molecule has 92 valence electrons. The zero-order valence-corrected chi connectivity index (χ0v) is 9.98. The van der Waals surface area contributed by atoms with Crippen molar-refractivity contribution in [2.75, 3.05) is 11.9 Å². The number of anilines is 1. The monoisotopic (exact) mass is 235 g/mol. The molecule has 1 aromatic rings. The van der Waals surface area contributed by atoms with E-state index in [9.17, 15) is 10.1 Å². The molecule has 17 heavy (non-hydrogen) atoms. The van der Waals surface area contributed by atoms with Crippen LogP contribution in [0.25, 0.3) is 0 Å². The van der Waals surface area contributed by atoms with E-state index < -0.39 is 4.92 Å². The molecule has 2 rings (SSSR count). The standard InChI is InChI=1S/C12H17N3O2/c1-9-4-7-11(15(16)17)12(14-9)13-8-2-3-10-5-6-10/h4,7,10H,2-3,5-6,8H2,1H3,(H,13,14). The van der Waals surface area contributed by atoms with Crippen molar-refractivity contribution < 1.29 is 4.92 Å². The minimum absolute atomic E-state index is 0.0574. The molecule has 5 heteroatoms. The Hall–Kier alpha value is -1.65. The Bertz CT molecular complexity index is 416. The third-order valence-corrected chi connectivity index (χ3v) is 2.99. The third kappa shape index (κ3) is 3.41. The summed E-state index contributed by atoms with van der Waals surface area (Å²) in [6.07, 6.45) is 4.97. The van der Waals surface area contributed by atoms with Crippen molar-refractivity contribution in [1.82, 2.24) is 4.98 Å². The maximum Gasteiger partial charge on any atom is 0.311 e. The largest absolute Gasteiger partial charge is 0.364 e. The molecule has 1 aliphatic rings. The molecule has 0 aromatic carbocycles. The molecule has 5 nitrogen and oxygen atoms in total. The molecule has 0 radical (unpaired) electrons. The summed E-state index contributed by atoms with van der Waals surface area (Å²) < 4.78 is 0. The Kier molecular flexibility index (Phi) is 3.56. The second kappa shape index (κ2) is 5.12. The molecule has 0 bridgehead atoms. The molecule has 1 saturated carbocycles. The molecule has 0 aliphatic heterocycles. The van der Waals surface area contributed by atoms with E-state index in [1.807, 2.05) is 6.92 Å². The molecule has 0 spiro atoms. The van der Waals surface area contributed by atoms with Crippen molar-refractivity contribution in [3.05, 3.63) is 27.9 Å². The lowest BCUT2D eigenvalue weighted by atomic mass is 10.2. The van der Waals surface area contributed by atoms with E-state index in [4.69, 9.17) is 0 Å². The first-order valence-electron chi connectivity index (χ1n) is 6.02. The summed E-state index contributed by atoms with van der Waals surface area (Å²) in [5, 5.41) is 13.9. The summed E-state index contributed by atoms with van der Waals surface area (Å²) in [5.41, 5.74) is 0.849. The first-order valence-corrected chi connectivity index (χ1v) is 6.02. The Balaban J connectivity index is 1.92. The van der Waals surface area contributed by atoms with Gasteiger partial charge in [0, 0.05) is 18.3 Å². The number of aromatic nitrogens is 1. The lowest BCUT2D eigenvalue weighted by Gasteiger charge is -2.06. The highest BCUT2D eigenvalue weighted by Gasteiger charge is 2.20. The first-order chi connectivity index (χ1) is 8.16. The predicted molar refractivity (Wildman–Crippen MR) is 66.1 cm³/mol. The van der Waals surface area contributed by atoms with Crippen LogP contribution in [-0.4, -0.2) is 16.5 Å². The van der Waals surface area contributed by atoms with Crippen LogP contribution in [0.1, 0.15) is 31.4 Å². The van der Waals surface area contributed by atoms with Crippen molar-refractivity contribution in [2.24, 2.45) is 5.92 Å². The molecule has 0 saturated heterocycles. The molecule has 0 unspecified atom stereocenters. The van der Waals surface area contributed by atoms with Crippen molar-refractivity contribution >= 4 is 11.5 Å². The highest BCUT2D eigenvalue weighted by atomic mass is 16.6. The van der Waals surface area contributed by atoms with Crippen LogP contribution in [0.4, 0.5) is 11.5 Å². The zero-order valence-electron chi connectivity index (χ0n) is 9.98. The van der Waals surface area contributed by atoms with Gasteiger partial charge >= 0.3 is 5.69 Å². The van der Waals surface area contributed by atoms with Crippen molar-refractivity contribution in [3.8, 4) is 0 Å². The number of nitro groups is 1. The van der Waals surface area contributed by atoms with Gasteiger partial charge in [-0.15, -0.1) is 0 Å². The molecule has 1 N–H and O–H groups in total. The molecule has 1 heterocycles. The number of hydrogen-bond donors (Lipinski definition) is 1. The molecule has 1 aromatic heterocycles. The summed E-state index contributed by atoms with van der Waals surface area (Å²) in [7, 11) is 0. The number of pyridine rings is 1. The van der Waals surface area contributed by atoms with Gasteiger partial charge in [-0.05, 0) is 31.7 Å². The number of aryl methyl sites for hydroxylation is 1. The van der Waals surface area contributed by atoms with E-state index in [1.54, 1.807) is 6.07 Å². The maximum atomic E-state index is 10.8. The summed E-state index contributed by atoms with van der Waals surface area (Å²) in [5.74, 6) is 1.29. The molecule has 0 amide bonds. The van der Waals surface area contributed by atoms with Crippen LogP contribution in [-0.2, 0) is 0 Å². The van der Waals surface area contributed by atoms with Gasteiger partial charge in [-0.2, -0.15) is 0 Å². The van der Waals surface area contributed by atoms with Crippen LogP contribution in [0.5, 0.6) is 0 Å². The van der Waals surface area contributed by atoms with Gasteiger partial charge in [-0.1, -0.05) is 12.8 Å². The van der Waals surface area contributed by atoms with Gasteiger partial charge in [0.2, 0.25) is 5.82 Å². The summed E-state index contributed by atoms with van der Waals surface area (Å²) in [6, 6.07) is 3.17. The zero-order chi connectivity index (χ0) is 12.3. The van der Waals surface area contributed by atoms with Crippen LogP contribution < -0.4 is 5.32 Å². The smallest absolute Gasteiger partial charge is 0.311 e. The Labute approximate surface area is 100 Å². The maximum absolute atomic E-state index is 10.8. The van der Waals surface area contributed by atoms with Crippen molar-refractivity contribution in [1.29, 1.82) is 0 Å². The summed E-state index contributed by atoms with van der Waals surface area (Å²) >= 11 is 0. The molecular formula is C12H17N3O2. The minimum atomic E-state index is -0.393. The number of nitrogens with zero attached hydrogens (tertiary/aromatic N) is 2. The van der Waals surface area contributed by atoms with E-state index in [-0.39, 0.29) is 5.69 Å². The summed E-state index contributed by atoms with van der Waals surface area (Å²) in [4.78, 5) is 14.6. The van der Waals surface area contributed by atoms with Gasteiger partial charge in [0.05, 0.1) is 4.92 Å². The fourth-order valence-corrected chi connectivity index (χ4v) is 1.83. The lowest BCUT2D eigenvalue weighted by Crippen LogP contribution is -2.07. The van der Waals surface area contributed by atoms with Gasteiger partial charge in [0.15, 0.2) is 0 Å². The summed E-state index contributed by atoms with van der Waals surface area (Å²) in [6.45, 7) is 2.59. The van der Waals surface area contributed by atoms with Crippen molar-refractivity contribution in [2.45, 2.75) is 32.6 Å². The minimum Gasteiger partial charge on any atom is -0.364 e. The average molecular weight is 235 g/mol. The van der Waals surface area contributed by atoms with Crippen molar-refractivity contribution in [3.63, 3.8) is 0 Å². The average Bonchev–Trinajstić information content (AvgIpc) is 3.08. The van der Waals surface area contributed by atoms with E-state index in [1.165, 1.54) is 25.3 Å². The topological polar surface area (TPSA) is 68.1 Å². The number of hydrogen-bond acceptors (Lipinski definition) is 4. The van der Waals surface area contributed by atoms with E-state index in [0.29, 0.717) is 5.82 Å². The van der Waals surface area contributed by atoms with Crippen LogP contribution in [0.2, 0.25) is 0 Å². The lowest BCUT2D eigenvalue weighted by molar-refractivity contribution is -0.384. The van der Waals surface area contributed by atoms with Gasteiger partial charge in [0.25, 0.3) is 0 Å². The Morgan fingerprint density at radius 1 is 1.53 bits per heavy atom. The second-order valence-electron chi connectivity index (χ2n) is 4.59. The van der Waals surface area contributed by atoms with E-state index in [2.05, 4.69) is 10.3 Å². The molecular weight excluding hydrogens is 218 g/mol. The van der Waals surface area contributed by atoms with Gasteiger partial charge in [-0.25, -0.2) is 4.98 Å². The van der Waals surface area contributed by atoms with E-state index in [0.717, 1.165) is 24.6 Å². The fraction of sp³-hybridized carbons (Fsp3) is 0.583. The van der Waals surface area contributed by atoms with Gasteiger partial charge < -0.3 is 5.32 Å². The quantitative estimate of drug-likeness (QED) is 0.467. The Morgan fingerprint density at radius 2 is 2.29 bits per heavy atom. The number of nitrogens with one attached hydrogen (secondary N) is 1. The van der Waals surface area contributed by atoms with Crippen LogP contribution in [0, 0.1) is 23.0 Å². The highest BCUT2D eigenvalue weighted by molar-refractivity contribution is 5.55. The first kappa shape index (κ1) is 11.8. The Morgan fingerprint density at radius 3 is 2.94 bits per heavy atom.